The van der Waals surface area contributed by atoms with Crippen LogP contribution in [0.4, 0.5) is 0 Å². The Morgan fingerprint density at radius 1 is 1.40 bits per heavy atom. The Labute approximate surface area is 117 Å². The zero-order chi connectivity index (χ0) is 14.1. The first kappa shape index (κ1) is 13.0. The van der Waals surface area contributed by atoms with Gasteiger partial charge in [0.15, 0.2) is 11.5 Å². The van der Waals surface area contributed by atoms with Crippen molar-refractivity contribution in [3.05, 3.63) is 35.9 Å². The van der Waals surface area contributed by atoms with Crippen molar-refractivity contribution in [1.29, 1.82) is 0 Å². The van der Waals surface area contributed by atoms with Gasteiger partial charge in [-0.25, -0.2) is 0 Å². The van der Waals surface area contributed by atoms with Crippen LogP contribution in [0.1, 0.15) is 18.6 Å². The molecule has 0 amide bonds. The van der Waals surface area contributed by atoms with Crippen LogP contribution in [0.3, 0.4) is 0 Å². The molecule has 0 spiro atoms. The van der Waals surface area contributed by atoms with Gasteiger partial charge in [-0.3, -0.25) is 4.79 Å². The molecule has 1 saturated heterocycles. The SMILES string of the molecule is C=C1COC(c2ccc3c(c2)OCO3)[C@@H]1C(=O)OCC. The highest BCUT2D eigenvalue weighted by Gasteiger charge is 2.39. The summed E-state index contributed by atoms with van der Waals surface area (Å²) in [7, 11) is 0. The second-order valence-corrected chi connectivity index (χ2v) is 4.73. The van der Waals surface area contributed by atoms with Gasteiger partial charge in [0.2, 0.25) is 6.79 Å². The molecule has 5 nitrogen and oxygen atoms in total. The Bertz CT molecular complexity index is 551. The Kier molecular flexibility index (Phi) is 3.36. The third-order valence-corrected chi connectivity index (χ3v) is 3.46. The molecule has 5 heteroatoms. The molecule has 1 unspecified atom stereocenters. The molecule has 0 saturated carbocycles. The summed E-state index contributed by atoms with van der Waals surface area (Å²) >= 11 is 0. The zero-order valence-electron chi connectivity index (χ0n) is 11.3. The molecule has 3 rings (SSSR count). The van der Waals surface area contributed by atoms with Gasteiger partial charge < -0.3 is 18.9 Å². The van der Waals surface area contributed by atoms with E-state index in [1.807, 2.05) is 18.2 Å². The average Bonchev–Trinajstić information content (AvgIpc) is 3.04. The van der Waals surface area contributed by atoms with Crippen molar-refractivity contribution < 1.29 is 23.7 Å². The van der Waals surface area contributed by atoms with Crippen molar-refractivity contribution in [2.45, 2.75) is 13.0 Å². The standard InChI is InChI=1S/C15H16O5/c1-3-17-15(16)13-9(2)7-18-14(13)10-4-5-11-12(6-10)20-8-19-11/h4-6,13-14H,2-3,7-8H2,1H3/t13-,14?/m1/s1. The summed E-state index contributed by atoms with van der Waals surface area (Å²) in [5.74, 6) is 0.623. The topological polar surface area (TPSA) is 54.0 Å². The summed E-state index contributed by atoms with van der Waals surface area (Å²) in [4.78, 5) is 12.1. The van der Waals surface area contributed by atoms with Crippen molar-refractivity contribution >= 4 is 5.97 Å². The number of ether oxygens (including phenoxy) is 4. The van der Waals surface area contributed by atoms with Gasteiger partial charge in [0.25, 0.3) is 0 Å². The van der Waals surface area contributed by atoms with E-state index in [1.54, 1.807) is 6.92 Å². The summed E-state index contributed by atoms with van der Waals surface area (Å²) in [6.45, 7) is 6.62. The van der Waals surface area contributed by atoms with Crippen LogP contribution in [0.25, 0.3) is 0 Å². The molecule has 0 N–H and O–H groups in total. The third kappa shape index (κ3) is 2.14. The minimum Gasteiger partial charge on any atom is -0.465 e. The number of esters is 1. The number of hydrogen-bond donors (Lipinski definition) is 0. The fraction of sp³-hybridized carbons (Fsp3) is 0.400. The summed E-state index contributed by atoms with van der Waals surface area (Å²) in [5, 5.41) is 0. The molecule has 0 aliphatic carbocycles. The van der Waals surface area contributed by atoms with E-state index in [1.165, 1.54) is 0 Å². The van der Waals surface area contributed by atoms with E-state index in [2.05, 4.69) is 6.58 Å². The number of hydrogen-bond acceptors (Lipinski definition) is 5. The molecule has 2 atom stereocenters. The fourth-order valence-corrected chi connectivity index (χ4v) is 2.50. The van der Waals surface area contributed by atoms with E-state index in [0.717, 1.165) is 11.1 Å². The second kappa shape index (κ2) is 5.17. The Balaban J connectivity index is 1.88. The van der Waals surface area contributed by atoms with Crippen LogP contribution in [0.15, 0.2) is 30.4 Å². The van der Waals surface area contributed by atoms with Crippen LogP contribution < -0.4 is 9.47 Å². The largest absolute Gasteiger partial charge is 0.465 e. The molecule has 1 aromatic carbocycles. The van der Waals surface area contributed by atoms with Crippen molar-refractivity contribution in [3.63, 3.8) is 0 Å². The van der Waals surface area contributed by atoms with Gasteiger partial charge in [0.1, 0.15) is 12.0 Å². The maximum atomic E-state index is 12.1. The predicted molar refractivity (Wildman–Crippen MR) is 70.5 cm³/mol. The lowest BCUT2D eigenvalue weighted by Crippen LogP contribution is -2.22. The molecule has 2 heterocycles. The highest BCUT2D eigenvalue weighted by Crippen LogP contribution is 2.42. The number of carbonyl (C=O) groups excluding carboxylic acids is 1. The molecule has 1 fully saturated rings. The van der Waals surface area contributed by atoms with Crippen LogP contribution in [0.5, 0.6) is 11.5 Å². The van der Waals surface area contributed by atoms with Crippen LogP contribution in [-0.2, 0) is 14.3 Å². The van der Waals surface area contributed by atoms with Crippen LogP contribution >= 0.6 is 0 Å². The second-order valence-electron chi connectivity index (χ2n) is 4.73. The third-order valence-electron chi connectivity index (χ3n) is 3.46. The first-order valence-electron chi connectivity index (χ1n) is 6.56. The molecule has 2 aliphatic rings. The van der Waals surface area contributed by atoms with Gasteiger partial charge in [0, 0.05) is 0 Å². The first-order chi connectivity index (χ1) is 9.70. The molecule has 106 valence electrons. The van der Waals surface area contributed by atoms with E-state index in [4.69, 9.17) is 18.9 Å². The monoisotopic (exact) mass is 276 g/mol. The van der Waals surface area contributed by atoms with E-state index in [-0.39, 0.29) is 18.9 Å². The first-order valence-corrected chi connectivity index (χ1v) is 6.56. The van der Waals surface area contributed by atoms with Gasteiger partial charge in [-0.2, -0.15) is 0 Å². The summed E-state index contributed by atoms with van der Waals surface area (Å²) in [6.07, 6.45) is -0.379. The lowest BCUT2D eigenvalue weighted by molar-refractivity contribution is -0.148. The minimum absolute atomic E-state index is 0.221. The molecule has 2 aliphatic heterocycles. The molecule has 1 aromatic rings. The molecule has 0 radical (unpaired) electrons. The normalized spacial score (nSPS) is 23.9. The van der Waals surface area contributed by atoms with E-state index in [0.29, 0.717) is 24.7 Å². The number of carbonyl (C=O) groups is 1. The summed E-state index contributed by atoms with van der Waals surface area (Å²) in [5.41, 5.74) is 1.61. The van der Waals surface area contributed by atoms with E-state index < -0.39 is 5.92 Å². The summed E-state index contributed by atoms with van der Waals surface area (Å²) < 4.78 is 21.4. The highest BCUT2D eigenvalue weighted by molar-refractivity contribution is 5.77. The number of fused-ring (bicyclic) bond motifs is 1. The Hall–Kier alpha value is -2.01. The number of rotatable bonds is 3. The van der Waals surface area contributed by atoms with Crippen molar-refractivity contribution in [3.8, 4) is 11.5 Å². The van der Waals surface area contributed by atoms with Gasteiger partial charge >= 0.3 is 5.97 Å². The predicted octanol–water partition coefficient (Wildman–Crippen LogP) is 2.22. The fourth-order valence-electron chi connectivity index (χ4n) is 2.50. The highest BCUT2D eigenvalue weighted by atomic mass is 16.7. The summed E-state index contributed by atoms with van der Waals surface area (Å²) in [6, 6.07) is 5.55. The van der Waals surface area contributed by atoms with Gasteiger partial charge in [0.05, 0.1) is 13.2 Å². The van der Waals surface area contributed by atoms with Gasteiger partial charge in [-0.15, -0.1) is 0 Å². The lowest BCUT2D eigenvalue weighted by Gasteiger charge is -2.18. The van der Waals surface area contributed by atoms with Gasteiger partial charge in [-0.05, 0) is 30.2 Å². The van der Waals surface area contributed by atoms with E-state index >= 15 is 0 Å². The van der Waals surface area contributed by atoms with E-state index in [9.17, 15) is 4.79 Å². The minimum atomic E-state index is -0.463. The lowest BCUT2D eigenvalue weighted by atomic mass is 9.92. The average molecular weight is 276 g/mol. The quantitative estimate of drug-likeness (QED) is 0.626. The van der Waals surface area contributed by atoms with Crippen LogP contribution in [0, 0.1) is 5.92 Å². The zero-order valence-corrected chi connectivity index (χ0v) is 11.3. The molecular formula is C15H16O5. The van der Waals surface area contributed by atoms with Gasteiger partial charge in [-0.1, -0.05) is 12.6 Å². The smallest absolute Gasteiger partial charge is 0.316 e. The maximum Gasteiger partial charge on any atom is 0.316 e. The van der Waals surface area contributed by atoms with Crippen LogP contribution in [-0.4, -0.2) is 26.0 Å². The Morgan fingerprint density at radius 2 is 2.20 bits per heavy atom. The van der Waals surface area contributed by atoms with Crippen molar-refractivity contribution in [1.82, 2.24) is 0 Å². The molecule has 0 aromatic heterocycles. The van der Waals surface area contributed by atoms with Crippen LogP contribution in [0.2, 0.25) is 0 Å². The van der Waals surface area contributed by atoms with Crippen molar-refractivity contribution in [2.75, 3.05) is 20.0 Å². The molecule has 20 heavy (non-hydrogen) atoms. The molecule has 0 bridgehead atoms. The van der Waals surface area contributed by atoms with Crippen molar-refractivity contribution in [2.24, 2.45) is 5.92 Å². The Morgan fingerprint density at radius 3 is 3.00 bits per heavy atom. The number of benzene rings is 1. The maximum absolute atomic E-state index is 12.1. The molecular weight excluding hydrogens is 260 g/mol.